The second-order valence-electron chi connectivity index (χ2n) is 3.45. The molecule has 0 aliphatic rings. The van der Waals surface area contributed by atoms with Crippen molar-refractivity contribution in [2.45, 2.75) is 13.5 Å². The lowest BCUT2D eigenvalue weighted by Crippen LogP contribution is -2.24. The van der Waals surface area contributed by atoms with E-state index in [0.717, 1.165) is 11.4 Å². The van der Waals surface area contributed by atoms with Crippen molar-refractivity contribution < 1.29 is 4.79 Å². The number of carbonyl (C=O) groups is 1. The lowest BCUT2D eigenvalue weighted by atomic mass is 10.1. The smallest absolute Gasteiger partial charge is 0.252 e. The third-order valence-electron chi connectivity index (χ3n) is 2.26. The van der Waals surface area contributed by atoms with E-state index in [0.29, 0.717) is 12.1 Å². The van der Waals surface area contributed by atoms with Gasteiger partial charge in [-0.1, -0.05) is 18.2 Å². The minimum Gasteiger partial charge on any atom is -0.347 e. The van der Waals surface area contributed by atoms with E-state index in [1.807, 2.05) is 19.1 Å². The lowest BCUT2D eigenvalue weighted by Gasteiger charge is -2.05. The Hall–Kier alpha value is -2.10. The van der Waals surface area contributed by atoms with E-state index in [4.69, 9.17) is 0 Å². The zero-order valence-corrected chi connectivity index (χ0v) is 8.95. The highest BCUT2D eigenvalue weighted by Gasteiger charge is 2.08. The van der Waals surface area contributed by atoms with E-state index in [-0.39, 0.29) is 5.91 Å². The number of aryl methyl sites for hydroxylation is 1. The Morgan fingerprint density at radius 2 is 2.50 bits per heavy atom. The average Bonchev–Trinajstić information content (AvgIpc) is 2.79. The van der Waals surface area contributed by atoms with Gasteiger partial charge in [-0.2, -0.15) is 0 Å². The molecule has 2 aromatic rings. The number of hydrogen-bond donors (Lipinski definition) is 2. The van der Waals surface area contributed by atoms with Crippen molar-refractivity contribution in [3.05, 3.63) is 53.6 Å². The predicted octanol–water partition coefficient (Wildman–Crippen LogP) is 1.45. The fourth-order valence-corrected chi connectivity index (χ4v) is 1.41. The van der Waals surface area contributed by atoms with Crippen LogP contribution in [0.4, 0.5) is 0 Å². The SMILES string of the molecule is Cc1ccc[c]c1C(=O)NCc1ncc[nH]1. The standard InChI is InChI=1S/C12H12N3O/c1-9-4-2-3-5-10(9)12(16)15-8-11-13-6-7-14-11/h2-4,6-7H,8H2,1H3,(H,13,14)(H,15,16). The van der Waals surface area contributed by atoms with Crippen LogP contribution in [0, 0.1) is 13.0 Å². The first-order valence-corrected chi connectivity index (χ1v) is 5.01. The quantitative estimate of drug-likeness (QED) is 0.812. The summed E-state index contributed by atoms with van der Waals surface area (Å²) >= 11 is 0. The van der Waals surface area contributed by atoms with Gasteiger partial charge >= 0.3 is 0 Å². The first-order valence-electron chi connectivity index (χ1n) is 5.01. The molecular formula is C12H12N3O. The Balaban J connectivity index is 2.01. The van der Waals surface area contributed by atoms with E-state index in [9.17, 15) is 4.79 Å². The van der Waals surface area contributed by atoms with Crippen LogP contribution >= 0.6 is 0 Å². The molecule has 0 aliphatic carbocycles. The highest BCUT2D eigenvalue weighted by atomic mass is 16.1. The summed E-state index contributed by atoms with van der Waals surface area (Å²) in [7, 11) is 0. The van der Waals surface area contributed by atoms with E-state index in [2.05, 4.69) is 21.4 Å². The van der Waals surface area contributed by atoms with Crippen LogP contribution in [0.15, 0.2) is 30.6 Å². The molecule has 1 radical (unpaired) electrons. The predicted molar refractivity (Wildman–Crippen MR) is 59.8 cm³/mol. The van der Waals surface area contributed by atoms with Crippen LogP contribution in [0.2, 0.25) is 0 Å². The molecule has 1 aromatic carbocycles. The van der Waals surface area contributed by atoms with E-state index in [1.165, 1.54) is 0 Å². The summed E-state index contributed by atoms with van der Waals surface area (Å²) in [6.45, 7) is 2.28. The van der Waals surface area contributed by atoms with Crippen molar-refractivity contribution in [1.82, 2.24) is 15.3 Å². The van der Waals surface area contributed by atoms with Gasteiger partial charge in [-0.05, 0) is 18.6 Å². The van der Waals surface area contributed by atoms with Gasteiger partial charge in [-0.25, -0.2) is 4.98 Å². The zero-order valence-electron chi connectivity index (χ0n) is 8.95. The summed E-state index contributed by atoms with van der Waals surface area (Å²) in [5.41, 5.74) is 1.49. The van der Waals surface area contributed by atoms with Gasteiger partial charge in [-0.3, -0.25) is 4.79 Å². The molecule has 1 amide bonds. The van der Waals surface area contributed by atoms with Crippen LogP contribution < -0.4 is 5.32 Å². The molecule has 0 bridgehead atoms. The van der Waals surface area contributed by atoms with Crippen LogP contribution in [-0.2, 0) is 6.54 Å². The van der Waals surface area contributed by atoms with Crippen LogP contribution in [0.3, 0.4) is 0 Å². The Morgan fingerprint density at radius 1 is 1.62 bits per heavy atom. The summed E-state index contributed by atoms with van der Waals surface area (Å²) in [4.78, 5) is 18.7. The number of hydrogen-bond acceptors (Lipinski definition) is 2. The van der Waals surface area contributed by atoms with Gasteiger partial charge in [0.15, 0.2) is 0 Å². The molecule has 16 heavy (non-hydrogen) atoms. The third-order valence-corrected chi connectivity index (χ3v) is 2.26. The monoisotopic (exact) mass is 214 g/mol. The Morgan fingerprint density at radius 3 is 3.19 bits per heavy atom. The minimum atomic E-state index is -0.130. The number of rotatable bonds is 3. The normalized spacial score (nSPS) is 10.1. The first-order chi connectivity index (χ1) is 7.77. The molecule has 4 nitrogen and oxygen atoms in total. The molecule has 0 spiro atoms. The van der Waals surface area contributed by atoms with Gasteiger partial charge in [0.25, 0.3) is 5.91 Å². The Labute approximate surface area is 93.7 Å². The highest BCUT2D eigenvalue weighted by molar-refractivity contribution is 5.95. The number of carbonyl (C=O) groups excluding carboxylic acids is 1. The van der Waals surface area contributed by atoms with E-state index >= 15 is 0 Å². The topological polar surface area (TPSA) is 57.8 Å². The number of nitrogens with one attached hydrogen (secondary N) is 2. The van der Waals surface area contributed by atoms with Gasteiger partial charge in [0.05, 0.1) is 12.1 Å². The zero-order chi connectivity index (χ0) is 11.4. The largest absolute Gasteiger partial charge is 0.347 e. The molecule has 1 aromatic heterocycles. The van der Waals surface area contributed by atoms with Crippen LogP contribution in [0.1, 0.15) is 21.7 Å². The first kappa shape index (κ1) is 10.4. The number of imidazole rings is 1. The van der Waals surface area contributed by atoms with E-state index in [1.54, 1.807) is 18.5 Å². The number of aromatic amines is 1. The van der Waals surface area contributed by atoms with Crippen molar-refractivity contribution in [3.8, 4) is 0 Å². The molecule has 4 heteroatoms. The molecule has 2 rings (SSSR count). The van der Waals surface area contributed by atoms with Crippen molar-refractivity contribution in [2.75, 3.05) is 0 Å². The van der Waals surface area contributed by atoms with Crippen LogP contribution in [-0.4, -0.2) is 15.9 Å². The molecule has 0 saturated heterocycles. The summed E-state index contributed by atoms with van der Waals surface area (Å²) in [6, 6.07) is 8.40. The molecule has 0 saturated carbocycles. The number of amides is 1. The van der Waals surface area contributed by atoms with Crippen molar-refractivity contribution in [2.24, 2.45) is 0 Å². The average molecular weight is 214 g/mol. The van der Waals surface area contributed by atoms with Crippen molar-refractivity contribution in [3.63, 3.8) is 0 Å². The maximum Gasteiger partial charge on any atom is 0.252 e. The molecular weight excluding hydrogens is 202 g/mol. The lowest BCUT2D eigenvalue weighted by molar-refractivity contribution is 0.0949. The van der Waals surface area contributed by atoms with Crippen molar-refractivity contribution in [1.29, 1.82) is 0 Å². The van der Waals surface area contributed by atoms with Gasteiger partial charge in [0.2, 0.25) is 0 Å². The maximum atomic E-state index is 11.8. The molecule has 0 fully saturated rings. The molecule has 0 unspecified atom stereocenters. The van der Waals surface area contributed by atoms with Gasteiger partial charge in [0, 0.05) is 12.4 Å². The minimum absolute atomic E-state index is 0.130. The Kier molecular flexibility index (Phi) is 3.00. The summed E-state index contributed by atoms with van der Waals surface area (Å²) < 4.78 is 0. The summed E-state index contributed by atoms with van der Waals surface area (Å²) in [5.74, 6) is 0.608. The van der Waals surface area contributed by atoms with Gasteiger partial charge < -0.3 is 10.3 Å². The molecule has 81 valence electrons. The Bertz CT molecular complexity index is 477. The fourth-order valence-electron chi connectivity index (χ4n) is 1.41. The maximum absolute atomic E-state index is 11.8. The number of aromatic nitrogens is 2. The van der Waals surface area contributed by atoms with Crippen molar-refractivity contribution >= 4 is 5.91 Å². The highest BCUT2D eigenvalue weighted by Crippen LogP contribution is 2.05. The summed E-state index contributed by atoms with van der Waals surface area (Å²) in [6.07, 6.45) is 3.38. The third kappa shape index (κ3) is 2.28. The molecule has 2 N–H and O–H groups in total. The number of H-pyrrole nitrogens is 1. The second kappa shape index (κ2) is 4.61. The fraction of sp³-hybridized carbons (Fsp3) is 0.167. The summed E-state index contributed by atoms with van der Waals surface area (Å²) in [5, 5.41) is 2.78. The number of benzene rings is 1. The molecule has 1 heterocycles. The molecule has 0 atom stereocenters. The molecule has 0 aliphatic heterocycles. The van der Waals surface area contributed by atoms with Gasteiger partial charge in [-0.15, -0.1) is 0 Å². The van der Waals surface area contributed by atoms with Crippen LogP contribution in [0.25, 0.3) is 0 Å². The van der Waals surface area contributed by atoms with E-state index < -0.39 is 0 Å². The van der Waals surface area contributed by atoms with Crippen LogP contribution in [0.5, 0.6) is 0 Å². The van der Waals surface area contributed by atoms with Gasteiger partial charge in [0.1, 0.15) is 5.82 Å². The number of nitrogens with zero attached hydrogens (tertiary/aromatic N) is 1. The second-order valence-corrected chi connectivity index (χ2v) is 3.45.